The van der Waals surface area contributed by atoms with Gasteiger partial charge in [-0.15, -0.1) is 5.10 Å². The molecule has 0 aliphatic rings. The van der Waals surface area contributed by atoms with Crippen LogP contribution in [0, 0.1) is 0 Å². The summed E-state index contributed by atoms with van der Waals surface area (Å²) in [6.45, 7) is 6.58. The fourth-order valence-electron chi connectivity index (χ4n) is 2.24. The zero-order chi connectivity index (χ0) is 17.5. The van der Waals surface area contributed by atoms with E-state index in [2.05, 4.69) is 21.8 Å². The minimum Gasteiger partial charge on any atom is -0.493 e. The van der Waals surface area contributed by atoms with Gasteiger partial charge in [0.15, 0.2) is 11.5 Å². The van der Waals surface area contributed by atoms with Gasteiger partial charge in [-0.05, 0) is 49.0 Å². The van der Waals surface area contributed by atoms with Gasteiger partial charge in [0.05, 0.1) is 25.5 Å². The molecule has 0 saturated heterocycles. The second-order valence-corrected chi connectivity index (χ2v) is 6.11. The van der Waals surface area contributed by atoms with Crippen LogP contribution in [-0.4, -0.2) is 29.2 Å². The van der Waals surface area contributed by atoms with E-state index in [1.807, 2.05) is 32.0 Å². The first-order valence-electron chi connectivity index (χ1n) is 8.03. The molecule has 24 heavy (non-hydrogen) atoms. The van der Waals surface area contributed by atoms with Crippen molar-refractivity contribution in [3.05, 3.63) is 34.3 Å². The maximum absolute atomic E-state index is 12.4. The van der Waals surface area contributed by atoms with Gasteiger partial charge in [0.1, 0.15) is 4.88 Å². The molecule has 0 saturated carbocycles. The molecular weight excluding hydrogens is 326 g/mol. The number of aromatic nitrogens is 2. The van der Waals surface area contributed by atoms with Gasteiger partial charge in [-0.2, -0.15) is 0 Å². The first-order chi connectivity index (χ1) is 11.6. The second-order valence-electron chi connectivity index (χ2n) is 5.36. The summed E-state index contributed by atoms with van der Waals surface area (Å²) < 4.78 is 14.9. The predicted octanol–water partition coefficient (Wildman–Crippen LogP) is 3.39. The molecule has 1 amide bonds. The first-order valence-corrected chi connectivity index (χ1v) is 8.80. The second kappa shape index (κ2) is 8.63. The summed E-state index contributed by atoms with van der Waals surface area (Å²) in [5.41, 5.74) is 1.67. The monoisotopic (exact) mass is 349 g/mol. The van der Waals surface area contributed by atoms with E-state index < -0.39 is 0 Å². The Labute approximate surface area is 146 Å². The van der Waals surface area contributed by atoms with Crippen LogP contribution >= 0.6 is 11.5 Å². The maximum atomic E-state index is 12.4. The van der Waals surface area contributed by atoms with Gasteiger partial charge in [-0.3, -0.25) is 4.79 Å². The Morgan fingerprint density at radius 3 is 2.79 bits per heavy atom. The van der Waals surface area contributed by atoms with Crippen LogP contribution in [0.25, 0.3) is 0 Å². The van der Waals surface area contributed by atoms with Crippen molar-refractivity contribution in [1.29, 1.82) is 0 Å². The number of aryl methyl sites for hydroxylation is 1. The molecule has 0 bridgehead atoms. The highest BCUT2D eigenvalue weighted by Crippen LogP contribution is 2.30. The lowest BCUT2D eigenvalue weighted by atomic mass is 10.1. The third-order valence-electron chi connectivity index (χ3n) is 3.59. The quantitative estimate of drug-likeness (QED) is 0.791. The number of hydrogen-bond acceptors (Lipinski definition) is 6. The van der Waals surface area contributed by atoms with Gasteiger partial charge in [-0.1, -0.05) is 24.4 Å². The molecule has 2 aromatic rings. The summed E-state index contributed by atoms with van der Waals surface area (Å²) in [6, 6.07) is 5.53. The molecule has 0 fully saturated rings. The number of nitrogens with zero attached hydrogens (tertiary/aromatic N) is 2. The molecular formula is C17H23N3O3S. The molecule has 130 valence electrons. The highest BCUT2D eigenvalue weighted by molar-refractivity contribution is 7.08. The van der Waals surface area contributed by atoms with Crippen LogP contribution in [0.3, 0.4) is 0 Å². The summed E-state index contributed by atoms with van der Waals surface area (Å²) >= 11 is 1.12. The number of nitrogens with one attached hydrogen (secondary N) is 1. The Balaban J connectivity index is 2.11. The van der Waals surface area contributed by atoms with E-state index in [9.17, 15) is 4.79 Å². The van der Waals surface area contributed by atoms with Crippen LogP contribution in [-0.2, 0) is 6.42 Å². The number of carbonyl (C=O) groups is 1. The van der Waals surface area contributed by atoms with E-state index in [1.54, 1.807) is 7.11 Å². The average Bonchev–Trinajstić information content (AvgIpc) is 3.08. The van der Waals surface area contributed by atoms with E-state index in [1.165, 1.54) is 0 Å². The zero-order valence-electron chi connectivity index (χ0n) is 14.5. The lowest BCUT2D eigenvalue weighted by molar-refractivity contribution is 0.0943. The topological polar surface area (TPSA) is 73.3 Å². The summed E-state index contributed by atoms with van der Waals surface area (Å²) in [6.07, 6.45) is 1.62. The number of hydrogen-bond donors (Lipinski definition) is 1. The molecule has 1 N–H and O–H groups in total. The number of benzene rings is 1. The fourth-order valence-corrected chi connectivity index (χ4v) is 2.90. The Morgan fingerprint density at radius 2 is 2.12 bits per heavy atom. The fraction of sp³-hybridized carbons (Fsp3) is 0.471. The van der Waals surface area contributed by atoms with Crippen LogP contribution in [0.2, 0.25) is 0 Å². The summed E-state index contributed by atoms with van der Waals surface area (Å²) in [7, 11) is 1.61. The van der Waals surface area contributed by atoms with Crippen LogP contribution in [0.4, 0.5) is 0 Å². The van der Waals surface area contributed by atoms with Crippen LogP contribution in [0.1, 0.15) is 54.2 Å². The maximum Gasteiger partial charge on any atom is 0.265 e. The highest BCUT2D eigenvalue weighted by Gasteiger charge is 2.18. The van der Waals surface area contributed by atoms with Gasteiger partial charge in [0.25, 0.3) is 5.91 Å². The lowest BCUT2D eigenvalue weighted by Crippen LogP contribution is -2.26. The molecule has 0 aliphatic heterocycles. The highest BCUT2D eigenvalue weighted by atomic mass is 32.1. The Kier molecular flexibility index (Phi) is 6.54. The molecule has 1 aromatic heterocycles. The lowest BCUT2D eigenvalue weighted by Gasteiger charge is -2.17. The molecule has 0 radical (unpaired) electrons. The Hall–Kier alpha value is -2.15. The molecule has 0 aliphatic carbocycles. The third-order valence-corrected chi connectivity index (χ3v) is 4.36. The molecule has 7 heteroatoms. The molecule has 6 nitrogen and oxygen atoms in total. The smallest absolute Gasteiger partial charge is 0.265 e. The van der Waals surface area contributed by atoms with Crippen molar-refractivity contribution in [3.8, 4) is 11.5 Å². The Bertz CT molecular complexity index is 687. The number of amides is 1. The molecule has 1 atom stereocenters. The van der Waals surface area contributed by atoms with Crippen LogP contribution < -0.4 is 14.8 Å². The van der Waals surface area contributed by atoms with Crippen molar-refractivity contribution < 1.29 is 14.3 Å². The predicted molar refractivity (Wildman–Crippen MR) is 93.9 cm³/mol. The SMILES string of the molecule is CCCOc1ccc(C(C)NC(=O)c2snnc2CC)cc1OC. The van der Waals surface area contributed by atoms with Gasteiger partial charge in [-0.25, -0.2) is 0 Å². The van der Waals surface area contributed by atoms with E-state index in [-0.39, 0.29) is 11.9 Å². The van der Waals surface area contributed by atoms with Crippen LogP contribution in [0.5, 0.6) is 11.5 Å². The van der Waals surface area contributed by atoms with Crippen molar-refractivity contribution in [2.24, 2.45) is 0 Å². The number of carbonyl (C=O) groups excluding carboxylic acids is 1. The van der Waals surface area contributed by atoms with Crippen molar-refractivity contribution in [2.45, 2.75) is 39.7 Å². The van der Waals surface area contributed by atoms with E-state index in [4.69, 9.17) is 9.47 Å². The van der Waals surface area contributed by atoms with Gasteiger partial charge >= 0.3 is 0 Å². The van der Waals surface area contributed by atoms with E-state index >= 15 is 0 Å². The average molecular weight is 349 g/mol. The third kappa shape index (κ3) is 4.23. The van der Waals surface area contributed by atoms with Gasteiger partial charge in [0.2, 0.25) is 0 Å². The van der Waals surface area contributed by atoms with Crippen molar-refractivity contribution in [1.82, 2.24) is 14.9 Å². The number of methoxy groups -OCH3 is 1. The van der Waals surface area contributed by atoms with Gasteiger partial charge < -0.3 is 14.8 Å². The minimum absolute atomic E-state index is 0.153. The van der Waals surface area contributed by atoms with Crippen molar-refractivity contribution in [3.63, 3.8) is 0 Å². The largest absolute Gasteiger partial charge is 0.493 e. The zero-order valence-corrected chi connectivity index (χ0v) is 15.3. The number of ether oxygens (including phenoxy) is 2. The summed E-state index contributed by atoms with van der Waals surface area (Å²) in [5.74, 6) is 1.22. The standard InChI is InChI=1S/C17H23N3O3S/c1-5-9-23-14-8-7-12(10-15(14)22-4)11(3)18-17(21)16-13(6-2)19-20-24-16/h7-8,10-11H,5-6,9H2,1-4H3,(H,18,21). The van der Waals surface area contributed by atoms with E-state index in [0.717, 1.165) is 29.2 Å². The molecule has 2 rings (SSSR count). The molecule has 0 spiro atoms. The Morgan fingerprint density at radius 1 is 1.33 bits per heavy atom. The van der Waals surface area contributed by atoms with Crippen LogP contribution in [0.15, 0.2) is 18.2 Å². The summed E-state index contributed by atoms with van der Waals surface area (Å²) in [5, 5.41) is 6.96. The minimum atomic E-state index is -0.168. The van der Waals surface area contributed by atoms with E-state index in [0.29, 0.717) is 29.4 Å². The number of rotatable bonds is 8. The summed E-state index contributed by atoms with van der Waals surface area (Å²) in [4.78, 5) is 13.0. The van der Waals surface area contributed by atoms with Gasteiger partial charge in [0, 0.05) is 0 Å². The van der Waals surface area contributed by atoms with Crippen molar-refractivity contribution in [2.75, 3.05) is 13.7 Å². The first kappa shape index (κ1) is 18.2. The molecule has 1 unspecified atom stereocenters. The molecule has 1 heterocycles. The normalized spacial score (nSPS) is 11.8. The van der Waals surface area contributed by atoms with Crippen molar-refractivity contribution >= 4 is 17.4 Å². The molecule has 1 aromatic carbocycles.